The van der Waals surface area contributed by atoms with Crippen LogP contribution in [-0.4, -0.2) is 65.0 Å². The summed E-state index contributed by atoms with van der Waals surface area (Å²) in [6, 6.07) is 4.93. The first-order chi connectivity index (χ1) is 20.4. The van der Waals surface area contributed by atoms with Gasteiger partial charge in [-0.1, -0.05) is 6.07 Å². The molecular weight excluding hydrogens is 622 g/mol. The molecule has 0 saturated heterocycles. The Bertz CT molecular complexity index is 1640. The summed E-state index contributed by atoms with van der Waals surface area (Å²) >= 11 is 0. The lowest BCUT2D eigenvalue weighted by Crippen LogP contribution is -2.59. The minimum Gasteiger partial charge on any atom is -0.487 e. The Morgan fingerprint density at radius 3 is 2.18 bits per heavy atom. The van der Waals surface area contributed by atoms with E-state index in [1.165, 1.54) is 13.3 Å². The van der Waals surface area contributed by atoms with Crippen molar-refractivity contribution in [3.8, 4) is 11.4 Å². The van der Waals surface area contributed by atoms with Gasteiger partial charge in [-0.15, -0.1) is 0 Å². The van der Waals surface area contributed by atoms with Crippen molar-refractivity contribution >= 4 is 0 Å². The fourth-order valence-corrected chi connectivity index (χ4v) is 4.16. The van der Waals surface area contributed by atoms with Gasteiger partial charge in [0.15, 0.2) is 6.61 Å². The third kappa shape index (κ3) is 5.74. The molecular formula is C25H20F10N6O3. The van der Waals surface area contributed by atoms with Gasteiger partial charge in [0.2, 0.25) is 0 Å². The molecule has 1 N–H and O–H groups in total. The predicted molar refractivity (Wildman–Crippen MR) is 129 cm³/mol. The summed E-state index contributed by atoms with van der Waals surface area (Å²) in [7, 11) is 0. The first-order valence-electron chi connectivity index (χ1n) is 12.2. The van der Waals surface area contributed by atoms with Gasteiger partial charge in [-0.25, -0.2) is 32.0 Å². The van der Waals surface area contributed by atoms with Crippen molar-refractivity contribution in [3.63, 3.8) is 0 Å². The number of alkyl halides is 8. The number of hydrogen-bond acceptors (Lipinski definition) is 6. The van der Waals surface area contributed by atoms with Gasteiger partial charge in [0.1, 0.15) is 42.0 Å². The van der Waals surface area contributed by atoms with Crippen LogP contribution in [0.15, 0.2) is 66.2 Å². The second kappa shape index (κ2) is 11.6. The topological polar surface area (TPSA) is 100.0 Å². The molecule has 2 aromatic heterocycles. The molecule has 44 heavy (non-hydrogen) atoms. The lowest BCUT2D eigenvalue weighted by molar-refractivity contribution is -0.342. The Morgan fingerprint density at radius 2 is 1.61 bits per heavy atom. The van der Waals surface area contributed by atoms with E-state index in [0.29, 0.717) is 6.07 Å². The zero-order valence-electron chi connectivity index (χ0n) is 22.1. The van der Waals surface area contributed by atoms with Crippen molar-refractivity contribution in [3.05, 3.63) is 89.1 Å². The number of aliphatic hydroxyl groups is 1. The average Bonchev–Trinajstić information content (AvgIpc) is 3.60. The van der Waals surface area contributed by atoms with Crippen LogP contribution >= 0.6 is 0 Å². The summed E-state index contributed by atoms with van der Waals surface area (Å²) in [5, 5.41) is 19.4. The van der Waals surface area contributed by atoms with Gasteiger partial charge in [0.05, 0.1) is 18.3 Å². The second-order valence-electron chi connectivity index (χ2n) is 9.54. The van der Waals surface area contributed by atoms with E-state index >= 15 is 0 Å². The lowest BCUT2D eigenvalue weighted by atomic mass is 9.86. The van der Waals surface area contributed by atoms with Crippen LogP contribution in [0.3, 0.4) is 0 Å². The molecule has 0 aliphatic rings. The molecule has 0 aliphatic heterocycles. The highest BCUT2D eigenvalue weighted by Gasteiger charge is 2.75. The Morgan fingerprint density at radius 1 is 0.955 bits per heavy atom. The maximum Gasteiger partial charge on any atom is 0.381 e. The number of benzene rings is 2. The molecule has 0 fully saturated rings. The fourth-order valence-electron chi connectivity index (χ4n) is 4.16. The molecule has 0 radical (unpaired) electrons. The van der Waals surface area contributed by atoms with E-state index in [2.05, 4.69) is 19.9 Å². The molecule has 238 valence electrons. The molecule has 4 aromatic rings. The summed E-state index contributed by atoms with van der Waals surface area (Å²) < 4.78 is 141. The maximum absolute atomic E-state index is 14.8. The van der Waals surface area contributed by atoms with Crippen molar-refractivity contribution in [1.29, 1.82) is 0 Å². The first kappa shape index (κ1) is 32.5. The van der Waals surface area contributed by atoms with E-state index in [4.69, 9.17) is 0 Å². The predicted octanol–water partition coefficient (Wildman–Crippen LogP) is 4.60. The van der Waals surface area contributed by atoms with Gasteiger partial charge in [0.25, 0.3) is 0 Å². The standard InChI is InChI=1S/C25H20F10N6O3/c1-14(22(43,9-39-12-36-11-37-39)18-7-2-15(26)8-19(18)27)40-13-38-41(21(40)42)16-3-5-17(6-4-16)44-10-23(30,31)25(34,35)24(32,33)20(28)29/h2-8,11-14,20,43H,9-10H2,1H3/t14-,22-/m1/s1. The molecule has 4 rings (SSSR count). The van der Waals surface area contributed by atoms with Gasteiger partial charge in [-0.3, -0.25) is 4.57 Å². The lowest BCUT2D eigenvalue weighted by Gasteiger charge is -2.34. The maximum atomic E-state index is 14.8. The van der Waals surface area contributed by atoms with Gasteiger partial charge in [-0.05, 0) is 37.3 Å². The van der Waals surface area contributed by atoms with E-state index in [0.717, 1.165) is 63.0 Å². The van der Waals surface area contributed by atoms with Gasteiger partial charge < -0.3 is 9.84 Å². The number of halogens is 10. The minimum atomic E-state index is -6.45. The smallest absolute Gasteiger partial charge is 0.381 e. The van der Waals surface area contributed by atoms with Crippen molar-refractivity contribution in [1.82, 2.24) is 29.1 Å². The van der Waals surface area contributed by atoms with Crippen molar-refractivity contribution in [2.45, 2.75) is 49.3 Å². The molecule has 2 aromatic carbocycles. The van der Waals surface area contributed by atoms with Crippen LogP contribution in [-0.2, 0) is 12.1 Å². The van der Waals surface area contributed by atoms with Crippen LogP contribution in [0, 0.1) is 11.6 Å². The van der Waals surface area contributed by atoms with Gasteiger partial charge >= 0.3 is 29.9 Å². The van der Waals surface area contributed by atoms with E-state index in [1.54, 1.807) is 0 Å². The van der Waals surface area contributed by atoms with Crippen LogP contribution in [0.25, 0.3) is 5.69 Å². The van der Waals surface area contributed by atoms with Gasteiger partial charge in [0, 0.05) is 11.6 Å². The van der Waals surface area contributed by atoms with Gasteiger partial charge in [-0.2, -0.15) is 41.2 Å². The zero-order valence-corrected chi connectivity index (χ0v) is 22.1. The summed E-state index contributed by atoms with van der Waals surface area (Å²) in [6.07, 6.45) is -1.76. The SMILES string of the molecule is C[C@@H](n1cnn(-c2ccc(OCC(F)(F)C(F)(F)C(F)(F)C(F)F)cc2)c1=O)[C@](O)(Cn1cncn1)c1ccc(F)cc1F. The average molecular weight is 642 g/mol. The molecule has 0 unspecified atom stereocenters. The first-order valence-corrected chi connectivity index (χ1v) is 12.2. The van der Waals surface area contributed by atoms with Crippen LogP contribution in [0.2, 0.25) is 0 Å². The molecule has 0 aliphatic carbocycles. The van der Waals surface area contributed by atoms with Crippen LogP contribution < -0.4 is 10.4 Å². The molecule has 19 heteroatoms. The summed E-state index contributed by atoms with van der Waals surface area (Å²) in [5.41, 5.74) is -3.62. The number of nitrogens with zero attached hydrogens (tertiary/aromatic N) is 6. The molecule has 2 atom stereocenters. The molecule has 2 heterocycles. The Kier molecular flexibility index (Phi) is 8.55. The van der Waals surface area contributed by atoms with Crippen LogP contribution in [0.1, 0.15) is 18.5 Å². The van der Waals surface area contributed by atoms with E-state index < -0.39 is 77.6 Å². The number of aromatic nitrogens is 6. The third-order valence-electron chi connectivity index (χ3n) is 6.72. The third-order valence-corrected chi connectivity index (χ3v) is 6.72. The van der Waals surface area contributed by atoms with Crippen molar-refractivity contribution < 1.29 is 53.7 Å². The number of hydrogen-bond donors (Lipinski definition) is 1. The quantitative estimate of drug-likeness (QED) is 0.227. The highest BCUT2D eigenvalue weighted by atomic mass is 19.4. The molecule has 0 amide bonds. The molecule has 9 nitrogen and oxygen atoms in total. The largest absolute Gasteiger partial charge is 0.487 e. The number of ether oxygens (including phenoxy) is 1. The second-order valence-corrected chi connectivity index (χ2v) is 9.54. The van der Waals surface area contributed by atoms with E-state index in [9.17, 15) is 53.8 Å². The monoisotopic (exact) mass is 642 g/mol. The molecule has 0 saturated carbocycles. The highest BCUT2D eigenvalue weighted by Crippen LogP contribution is 2.48. The summed E-state index contributed by atoms with van der Waals surface area (Å²) in [4.78, 5) is 17.0. The van der Waals surface area contributed by atoms with Crippen LogP contribution in [0.4, 0.5) is 43.9 Å². The Hall–Kier alpha value is -4.42. The van der Waals surface area contributed by atoms with E-state index in [-0.39, 0.29) is 5.69 Å². The highest BCUT2D eigenvalue weighted by molar-refractivity contribution is 5.36. The summed E-state index contributed by atoms with van der Waals surface area (Å²) in [6.45, 7) is -1.51. The minimum absolute atomic E-state index is 0.0672. The molecule has 0 bridgehead atoms. The van der Waals surface area contributed by atoms with Crippen molar-refractivity contribution in [2.24, 2.45) is 0 Å². The zero-order chi connectivity index (χ0) is 32.7. The van der Waals surface area contributed by atoms with Crippen molar-refractivity contribution in [2.75, 3.05) is 6.61 Å². The van der Waals surface area contributed by atoms with E-state index in [1.807, 2.05) is 0 Å². The van der Waals surface area contributed by atoms with Crippen LogP contribution in [0.5, 0.6) is 5.75 Å². The summed E-state index contributed by atoms with van der Waals surface area (Å²) in [5.74, 6) is -21.1. The normalized spacial score (nSPS) is 14.9. The Balaban J connectivity index is 1.58. The number of rotatable bonds is 12. The molecule has 0 spiro atoms. The Labute approximate surface area is 239 Å². The fraction of sp³-hybridized carbons (Fsp3) is 0.360.